The lowest BCUT2D eigenvalue weighted by molar-refractivity contribution is -0.117. The van der Waals surface area contributed by atoms with Crippen molar-refractivity contribution in [3.63, 3.8) is 0 Å². The average Bonchev–Trinajstić information content (AvgIpc) is 3.07. The van der Waals surface area contributed by atoms with Gasteiger partial charge < -0.3 is 4.74 Å². The minimum absolute atomic E-state index is 0.292. The summed E-state index contributed by atoms with van der Waals surface area (Å²) in [5.41, 5.74) is 0.394. The van der Waals surface area contributed by atoms with Gasteiger partial charge in [0.15, 0.2) is 4.34 Å². The number of anilines is 2. The third kappa shape index (κ3) is 5.56. The standard InChI is InChI=1S/C16H22N4O4S3/c1-5-13(14(21)17-15-18-19-16(25-3)26-15)20(27(4,22)23)11-7-9-12(10-8-11)24-6-2/h7-10,13H,5-6H2,1-4H3,(H,17,18,21)/t13-/m0/s1. The first-order valence-corrected chi connectivity index (χ1v) is 12.1. The number of nitrogens with zero attached hydrogens (tertiary/aromatic N) is 3. The lowest BCUT2D eigenvalue weighted by Gasteiger charge is -2.29. The number of hydrogen-bond acceptors (Lipinski definition) is 8. The van der Waals surface area contributed by atoms with Crippen molar-refractivity contribution in [3.05, 3.63) is 24.3 Å². The van der Waals surface area contributed by atoms with E-state index in [0.29, 0.717) is 33.9 Å². The van der Waals surface area contributed by atoms with Crippen molar-refractivity contribution < 1.29 is 17.9 Å². The summed E-state index contributed by atoms with van der Waals surface area (Å²) in [6.45, 7) is 4.13. The first-order valence-electron chi connectivity index (χ1n) is 8.20. The summed E-state index contributed by atoms with van der Waals surface area (Å²) in [5, 5.41) is 10.8. The van der Waals surface area contributed by atoms with Crippen molar-refractivity contribution >= 4 is 49.8 Å². The van der Waals surface area contributed by atoms with Gasteiger partial charge in [0.25, 0.3) is 0 Å². The third-order valence-corrected chi connectivity index (χ3v) is 6.54. The predicted molar refractivity (Wildman–Crippen MR) is 109 cm³/mol. The molecule has 27 heavy (non-hydrogen) atoms. The summed E-state index contributed by atoms with van der Waals surface area (Å²) in [6.07, 6.45) is 3.23. The second-order valence-electron chi connectivity index (χ2n) is 5.48. The molecule has 2 rings (SSSR count). The molecule has 1 aromatic carbocycles. The molecule has 0 spiro atoms. The van der Waals surface area contributed by atoms with E-state index in [-0.39, 0.29) is 0 Å². The summed E-state index contributed by atoms with van der Waals surface area (Å²) in [5.74, 6) is 0.172. The Hall–Kier alpha value is -1.85. The first kappa shape index (κ1) is 21.5. The lowest BCUT2D eigenvalue weighted by atomic mass is 10.2. The highest BCUT2D eigenvalue weighted by molar-refractivity contribution is 8.00. The van der Waals surface area contributed by atoms with Gasteiger partial charge in [0.05, 0.1) is 18.6 Å². The van der Waals surface area contributed by atoms with Gasteiger partial charge in [-0.15, -0.1) is 10.2 Å². The molecule has 1 aromatic heterocycles. The molecule has 11 heteroatoms. The number of hydrogen-bond donors (Lipinski definition) is 1. The minimum Gasteiger partial charge on any atom is -0.494 e. The molecule has 1 heterocycles. The van der Waals surface area contributed by atoms with Gasteiger partial charge in [-0.2, -0.15) is 0 Å². The van der Waals surface area contributed by atoms with Gasteiger partial charge in [-0.1, -0.05) is 30.0 Å². The quantitative estimate of drug-likeness (QED) is 0.482. The van der Waals surface area contributed by atoms with Crippen LogP contribution in [0.3, 0.4) is 0 Å². The molecule has 0 aliphatic rings. The number of ether oxygens (including phenoxy) is 1. The fourth-order valence-corrected chi connectivity index (χ4v) is 4.83. The van der Waals surface area contributed by atoms with E-state index in [9.17, 15) is 13.2 Å². The normalized spacial score (nSPS) is 12.4. The monoisotopic (exact) mass is 430 g/mol. The molecule has 8 nitrogen and oxygen atoms in total. The van der Waals surface area contributed by atoms with E-state index in [0.717, 1.165) is 10.6 Å². The van der Waals surface area contributed by atoms with Crippen molar-refractivity contribution in [3.8, 4) is 5.75 Å². The second-order valence-corrected chi connectivity index (χ2v) is 9.37. The van der Waals surface area contributed by atoms with Crippen LogP contribution in [-0.4, -0.2) is 49.7 Å². The molecule has 1 N–H and O–H groups in total. The Labute approximate surface area is 167 Å². The van der Waals surface area contributed by atoms with Crippen LogP contribution in [0.2, 0.25) is 0 Å². The summed E-state index contributed by atoms with van der Waals surface area (Å²) >= 11 is 2.65. The molecule has 1 atom stereocenters. The third-order valence-electron chi connectivity index (χ3n) is 3.54. The molecule has 148 valence electrons. The van der Waals surface area contributed by atoms with Crippen molar-refractivity contribution in [1.82, 2.24) is 10.2 Å². The number of thioether (sulfide) groups is 1. The molecule has 0 saturated carbocycles. The smallest absolute Gasteiger partial charge is 0.250 e. The predicted octanol–water partition coefficient (Wildman–Crippen LogP) is 2.84. The van der Waals surface area contributed by atoms with E-state index < -0.39 is 22.0 Å². The van der Waals surface area contributed by atoms with E-state index in [2.05, 4.69) is 15.5 Å². The molecule has 1 amide bonds. The maximum absolute atomic E-state index is 12.8. The number of sulfonamides is 1. The van der Waals surface area contributed by atoms with Crippen LogP contribution in [0.25, 0.3) is 0 Å². The number of carbonyl (C=O) groups excluding carboxylic acids is 1. The van der Waals surface area contributed by atoms with Gasteiger partial charge in [-0.05, 0) is 43.9 Å². The van der Waals surface area contributed by atoms with Crippen LogP contribution in [0.1, 0.15) is 20.3 Å². The van der Waals surface area contributed by atoms with E-state index in [1.807, 2.05) is 13.2 Å². The van der Waals surface area contributed by atoms with Crippen LogP contribution < -0.4 is 14.4 Å². The van der Waals surface area contributed by atoms with Gasteiger partial charge in [0.1, 0.15) is 11.8 Å². The topological polar surface area (TPSA) is 101 Å². The van der Waals surface area contributed by atoms with Crippen molar-refractivity contribution in [2.75, 3.05) is 28.7 Å². The van der Waals surface area contributed by atoms with Crippen LogP contribution in [0.5, 0.6) is 5.75 Å². The maximum Gasteiger partial charge on any atom is 0.250 e. The minimum atomic E-state index is -3.70. The molecule has 0 radical (unpaired) electrons. The highest BCUT2D eigenvalue weighted by Gasteiger charge is 2.32. The largest absolute Gasteiger partial charge is 0.494 e. The van der Waals surface area contributed by atoms with Crippen LogP contribution in [-0.2, 0) is 14.8 Å². The van der Waals surface area contributed by atoms with E-state index in [4.69, 9.17) is 4.74 Å². The van der Waals surface area contributed by atoms with Crippen LogP contribution in [0, 0.1) is 0 Å². The number of aromatic nitrogens is 2. The Balaban J connectivity index is 2.30. The number of rotatable bonds is 9. The Morgan fingerprint density at radius 3 is 2.44 bits per heavy atom. The molecule has 0 unspecified atom stereocenters. The number of amides is 1. The maximum atomic E-state index is 12.8. The van der Waals surface area contributed by atoms with E-state index >= 15 is 0 Å². The highest BCUT2D eigenvalue weighted by Crippen LogP contribution is 2.27. The van der Waals surface area contributed by atoms with Gasteiger partial charge in [0, 0.05) is 0 Å². The molecule has 0 saturated heterocycles. The molecule has 0 aliphatic heterocycles. The van der Waals surface area contributed by atoms with Crippen LogP contribution in [0.4, 0.5) is 10.8 Å². The van der Waals surface area contributed by atoms with Crippen molar-refractivity contribution in [1.29, 1.82) is 0 Å². The Kier molecular flexibility index (Phi) is 7.45. The van der Waals surface area contributed by atoms with Crippen LogP contribution in [0.15, 0.2) is 28.6 Å². The highest BCUT2D eigenvalue weighted by atomic mass is 32.2. The molecule has 2 aromatic rings. The van der Waals surface area contributed by atoms with E-state index in [1.165, 1.54) is 23.1 Å². The van der Waals surface area contributed by atoms with Gasteiger partial charge in [-0.3, -0.25) is 14.4 Å². The Bertz CT molecular complexity index is 868. The van der Waals surface area contributed by atoms with Crippen LogP contribution >= 0.6 is 23.1 Å². The first-order chi connectivity index (χ1) is 12.8. The lowest BCUT2D eigenvalue weighted by Crippen LogP contribution is -2.47. The summed E-state index contributed by atoms with van der Waals surface area (Å²) < 4.78 is 32.1. The fraction of sp³-hybridized carbons (Fsp3) is 0.438. The number of benzene rings is 1. The molecule has 0 bridgehead atoms. The summed E-state index contributed by atoms with van der Waals surface area (Å²) in [4.78, 5) is 12.8. The molecular formula is C16H22N4O4S3. The fourth-order valence-electron chi connectivity index (χ4n) is 2.45. The zero-order chi connectivity index (χ0) is 20.0. The van der Waals surface area contributed by atoms with Gasteiger partial charge in [-0.25, -0.2) is 8.42 Å². The summed E-state index contributed by atoms with van der Waals surface area (Å²) in [6, 6.07) is 5.69. The Morgan fingerprint density at radius 1 is 1.30 bits per heavy atom. The zero-order valence-corrected chi connectivity index (χ0v) is 17.9. The zero-order valence-electron chi connectivity index (χ0n) is 15.5. The summed E-state index contributed by atoms with van der Waals surface area (Å²) in [7, 11) is -3.70. The number of carbonyl (C=O) groups is 1. The molecule has 0 aliphatic carbocycles. The second kappa shape index (κ2) is 9.38. The van der Waals surface area contributed by atoms with E-state index in [1.54, 1.807) is 31.2 Å². The van der Waals surface area contributed by atoms with Crippen molar-refractivity contribution in [2.45, 2.75) is 30.6 Å². The number of nitrogens with one attached hydrogen (secondary N) is 1. The van der Waals surface area contributed by atoms with Gasteiger partial charge >= 0.3 is 0 Å². The average molecular weight is 431 g/mol. The molecular weight excluding hydrogens is 408 g/mol. The SMILES string of the molecule is CCOc1ccc(N([C@@H](CC)C(=O)Nc2nnc(SC)s2)S(C)(=O)=O)cc1. The molecule has 0 fully saturated rings. The van der Waals surface area contributed by atoms with Gasteiger partial charge in [0.2, 0.25) is 21.1 Å². The van der Waals surface area contributed by atoms with Crippen molar-refractivity contribution in [2.24, 2.45) is 0 Å². The Morgan fingerprint density at radius 2 is 1.96 bits per heavy atom.